The summed E-state index contributed by atoms with van der Waals surface area (Å²) in [6.07, 6.45) is 0.449. The second-order valence-electron chi connectivity index (χ2n) is 7.20. The van der Waals surface area contributed by atoms with Gasteiger partial charge >= 0.3 is 0 Å². The average molecular weight is 416 g/mol. The maximum absolute atomic E-state index is 13.1. The number of ether oxygens (including phenoxy) is 2. The number of methoxy groups -OCH3 is 1. The Hall–Kier alpha value is -3.09. The van der Waals surface area contributed by atoms with E-state index in [1.807, 2.05) is 45.0 Å². The molecule has 0 aliphatic heterocycles. The zero-order valence-electron chi connectivity index (χ0n) is 17.9. The van der Waals surface area contributed by atoms with Crippen molar-refractivity contribution in [3.63, 3.8) is 0 Å². The zero-order valence-corrected chi connectivity index (χ0v) is 17.9. The summed E-state index contributed by atoms with van der Waals surface area (Å²) in [6.45, 7) is 5.57. The lowest BCUT2D eigenvalue weighted by atomic mass is 10.1. The fraction of sp³-hybridized carbons (Fsp3) is 0.391. The van der Waals surface area contributed by atoms with Gasteiger partial charge in [-0.3, -0.25) is 9.59 Å². The quantitative estimate of drug-likeness (QED) is 0.643. The number of nitrogens with one attached hydrogen (secondary N) is 1. The predicted octanol–water partition coefficient (Wildman–Crippen LogP) is 3.55. The molecular formula is C23H29FN2O4. The number of nitrogens with zero attached hydrogens (tertiary/aromatic N) is 1. The molecule has 0 spiro atoms. The Labute approximate surface area is 177 Å². The fourth-order valence-corrected chi connectivity index (χ4v) is 3.03. The third-order valence-corrected chi connectivity index (χ3v) is 4.48. The van der Waals surface area contributed by atoms with Crippen molar-refractivity contribution in [2.24, 2.45) is 0 Å². The molecule has 30 heavy (non-hydrogen) atoms. The van der Waals surface area contributed by atoms with Crippen molar-refractivity contribution in [1.29, 1.82) is 0 Å². The van der Waals surface area contributed by atoms with Gasteiger partial charge in [-0.25, -0.2) is 4.39 Å². The van der Waals surface area contributed by atoms with Crippen molar-refractivity contribution in [2.45, 2.75) is 45.8 Å². The van der Waals surface area contributed by atoms with Crippen molar-refractivity contribution >= 4 is 11.8 Å². The smallest absolute Gasteiger partial charge is 0.261 e. The lowest BCUT2D eigenvalue weighted by Crippen LogP contribution is -2.51. The van der Waals surface area contributed by atoms with Gasteiger partial charge in [0.25, 0.3) is 5.91 Å². The van der Waals surface area contributed by atoms with E-state index in [0.29, 0.717) is 17.9 Å². The number of rotatable bonds is 10. The molecule has 0 bridgehead atoms. The SMILES string of the molecule is CC[C@H](C(=O)NC(C)C)N(Cc1cccc(OC)c1)C(=O)COc1ccc(F)cc1. The summed E-state index contributed by atoms with van der Waals surface area (Å²) in [7, 11) is 1.57. The third kappa shape index (κ3) is 6.76. The minimum Gasteiger partial charge on any atom is -0.497 e. The van der Waals surface area contributed by atoms with Crippen molar-refractivity contribution in [3.05, 3.63) is 59.9 Å². The van der Waals surface area contributed by atoms with Crippen LogP contribution in [0.15, 0.2) is 48.5 Å². The van der Waals surface area contributed by atoms with Crippen LogP contribution in [0.1, 0.15) is 32.8 Å². The van der Waals surface area contributed by atoms with Crippen LogP contribution in [0.3, 0.4) is 0 Å². The summed E-state index contributed by atoms with van der Waals surface area (Å²) >= 11 is 0. The molecule has 2 rings (SSSR count). The fourth-order valence-electron chi connectivity index (χ4n) is 3.03. The van der Waals surface area contributed by atoms with E-state index in [2.05, 4.69) is 5.32 Å². The molecule has 1 atom stereocenters. The van der Waals surface area contributed by atoms with Gasteiger partial charge in [-0.15, -0.1) is 0 Å². The van der Waals surface area contributed by atoms with E-state index >= 15 is 0 Å². The predicted molar refractivity (Wildman–Crippen MR) is 113 cm³/mol. The summed E-state index contributed by atoms with van der Waals surface area (Å²) in [5.74, 6) is 0.107. The van der Waals surface area contributed by atoms with Gasteiger partial charge in [-0.1, -0.05) is 19.1 Å². The van der Waals surface area contributed by atoms with Gasteiger partial charge in [0.05, 0.1) is 7.11 Å². The van der Waals surface area contributed by atoms with Crippen LogP contribution in [0.2, 0.25) is 0 Å². The van der Waals surface area contributed by atoms with Crippen LogP contribution in [0.5, 0.6) is 11.5 Å². The molecule has 0 aromatic heterocycles. The zero-order chi connectivity index (χ0) is 22.1. The summed E-state index contributed by atoms with van der Waals surface area (Å²) in [5.41, 5.74) is 0.834. The standard InChI is InChI=1S/C23H29FN2O4/c1-5-21(23(28)25-16(2)3)26(14-17-7-6-8-20(13-17)29-4)22(27)15-30-19-11-9-18(24)10-12-19/h6-13,16,21H,5,14-15H2,1-4H3,(H,25,28)/t21-/m1/s1. The molecule has 0 aliphatic rings. The minimum absolute atomic E-state index is 0.0456. The van der Waals surface area contributed by atoms with Crippen molar-refractivity contribution in [2.75, 3.05) is 13.7 Å². The Morgan fingerprint density at radius 1 is 1.10 bits per heavy atom. The highest BCUT2D eigenvalue weighted by atomic mass is 19.1. The number of carbonyl (C=O) groups is 2. The molecule has 0 fully saturated rings. The maximum Gasteiger partial charge on any atom is 0.261 e. The molecule has 2 aromatic carbocycles. The molecule has 0 unspecified atom stereocenters. The van der Waals surface area contributed by atoms with Gasteiger partial charge in [0.2, 0.25) is 5.91 Å². The van der Waals surface area contributed by atoms with Gasteiger partial charge in [0.15, 0.2) is 6.61 Å². The summed E-state index contributed by atoms with van der Waals surface area (Å²) in [6, 6.07) is 12.1. The highest BCUT2D eigenvalue weighted by Gasteiger charge is 2.29. The first-order valence-electron chi connectivity index (χ1n) is 9.95. The molecule has 6 nitrogen and oxygen atoms in total. The number of halogens is 1. The maximum atomic E-state index is 13.1. The molecular weight excluding hydrogens is 387 g/mol. The van der Waals surface area contributed by atoms with E-state index in [1.165, 1.54) is 29.2 Å². The van der Waals surface area contributed by atoms with Crippen LogP contribution in [-0.4, -0.2) is 42.5 Å². The Balaban J connectivity index is 2.22. The first-order chi connectivity index (χ1) is 14.3. The highest BCUT2D eigenvalue weighted by molar-refractivity contribution is 5.88. The van der Waals surface area contributed by atoms with Crippen LogP contribution < -0.4 is 14.8 Å². The molecule has 0 saturated carbocycles. The molecule has 1 N–H and O–H groups in total. The normalized spacial score (nSPS) is 11.7. The van der Waals surface area contributed by atoms with E-state index in [1.54, 1.807) is 7.11 Å². The van der Waals surface area contributed by atoms with Crippen molar-refractivity contribution in [1.82, 2.24) is 10.2 Å². The van der Waals surface area contributed by atoms with Crippen molar-refractivity contribution in [3.8, 4) is 11.5 Å². The second-order valence-corrected chi connectivity index (χ2v) is 7.20. The summed E-state index contributed by atoms with van der Waals surface area (Å²) in [4.78, 5) is 27.3. The van der Waals surface area contributed by atoms with Gasteiger partial charge in [-0.2, -0.15) is 0 Å². The molecule has 162 valence electrons. The Bertz CT molecular complexity index is 839. The molecule has 0 heterocycles. The monoisotopic (exact) mass is 416 g/mol. The topological polar surface area (TPSA) is 67.9 Å². The molecule has 0 radical (unpaired) electrons. The molecule has 2 aromatic rings. The average Bonchev–Trinajstić information content (AvgIpc) is 2.72. The molecule has 7 heteroatoms. The Morgan fingerprint density at radius 2 is 1.80 bits per heavy atom. The van der Waals surface area contributed by atoms with Gasteiger partial charge in [0.1, 0.15) is 23.4 Å². The molecule has 2 amide bonds. The van der Waals surface area contributed by atoms with Crippen molar-refractivity contribution < 1.29 is 23.5 Å². The van der Waals surface area contributed by atoms with Crippen LogP contribution >= 0.6 is 0 Å². The van der Waals surface area contributed by atoms with Crippen LogP contribution in [0.4, 0.5) is 4.39 Å². The lowest BCUT2D eigenvalue weighted by molar-refractivity contribution is -0.143. The van der Waals surface area contributed by atoms with E-state index in [0.717, 1.165) is 5.56 Å². The second kappa shape index (κ2) is 11.2. The first-order valence-corrected chi connectivity index (χ1v) is 9.95. The Morgan fingerprint density at radius 3 is 2.40 bits per heavy atom. The van der Waals surface area contributed by atoms with Gasteiger partial charge in [-0.05, 0) is 62.2 Å². The van der Waals surface area contributed by atoms with E-state index < -0.39 is 6.04 Å². The minimum atomic E-state index is -0.650. The molecule has 0 saturated heterocycles. The van der Waals surface area contributed by atoms with Crippen LogP contribution in [-0.2, 0) is 16.1 Å². The Kier molecular flexibility index (Phi) is 8.65. The number of amides is 2. The number of benzene rings is 2. The van der Waals surface area contributed by atoms with Gasteiger partial charge < -0.3 is 19.7 Å². The largest absolute Gasteiger partial charge is 0.497 e. The number of hydrogen-bond donors (Lipinski definition) is 1. The van der Waals surface area contributed by atoms with E-state index in [4.69, 9.17) is 9.47 Å². The van der Waals surface area contributed by atoms with E-state index in [-0.39, 0.29) is 36.8 Å². The molecule has 0 aliphatic carbocycles. The highest BCUT2D eigenvalue weighted by Crippen LogP contribution is 2.18. The third-order valence-electron chi connectivity index (χ3n) is 4.48. The summed E-state index contributed by atoms with van der Waals surface area (Å²) in [5, 5.41) is 2.88. The van der Waals surface area contributed by atoms with Gasteiger partial charge in [0, 0.05) is 12.6 Å². The summed E-state index contributed by atoms with van der Waals surface area (Å²) < 4.78 is 23.9. The van der Waals surface area contributed by atoms with Crippen LogP contribution in [0.25, 0.3) is 0 Å². The number of carbonyl (C=O) groups excluding carboxylic acids is 2. The number of hydrogen-bond acceptors (Lipinski definition) is 4. The lowest BCUT2D eigenvalue weighted by Gasteiger charge is -2.31. The van der Waals surface area contributed by atoms with Crippen LogP contribution in [0, 0.1) is 5.82 Å². The van der Waals surface area contributed by atoms with E-state index in [9.17, 15) is 14.0 Å². The first kappa shape index (κ1) is 23.2.